The first-order chi connectivity index (χ1) is 7.58. The summed E-state index contributed by atoms with van der Waals surface area (Å²) in [6, 6.07) is 0. The van der Waals surface area contributed by atoms with E-state index in [1.807, 2.05) is 0 Å². The van der Waals surface area contributed by atoms with E-state index in [0.717, 1.165) is 10.4 Å². The minimum atomic E-state index is -1.26. The Kier molecular flexibility index (Phi) is 22.9. The van der Waals surface area contributed by atoms with Gasteiger partial charge >= 0.3 is 49.7 Å². The average Bonchev–Trinajstić information content (AvgIpc) is 2.13. The Labute approximate surface area is 170 Å². The molecule has 103 valence electrons. The van der Waals surface area contributed by atoms with E-state index in [1.54, 1.807) is 0 Å². The van der Waals surface area contributed by atoms with Crippen LogP contribution in [-0.4, -0.2) is 92.1 Å². The summed E-state index contributed by atoms with van der Waals surface area (Å²) >= 11 is 0. The topological polar surface area (TPSA) is 74.6 Å². The molecule has 0 rings (SSSR count). The molecule has 1 atom stereocenters. The molecule has 0 aromatic heterocycles. The second-order valence-corrected chi connectivity index (χ2v) is 5.00. The van der Waals surface area contributed by atoms with Gasteiger partial charge in [-0.05, 0) is 6.42 Å². The SMILES string of the molecule is CC[C@H](C)C[N+](C)(C)C.O=C(O)/C=C/C(=O)O.[Ca+2].[Y]. The molecule has 0 spiro atoms. The smallest absolute Gasteiger partial charge is 0.478 e. The van der Waals surface area contributed by atoms with Crippen LogP contribution in [0.15, 0.2) is 12.2 Å². The van der Waals surface area contributed by atoms with Crippen LogP contribution in [0.2, 0.25) is 0 Å². The largest absolute Gasteiger partial charge is 2.00 e. The van der Waals surface area contributed by atoms with E-state index in [-0.39, 0.29) is 70.4 Å². The number of quaternary nitrogens is 1. The zero-order chi connectivity index (χ0) is 14.1. The molecule has 1 radical (unpaired) electrons. The van der Waals surface area contributed by atoms with Crippen LogP contribution in [0.3, 0.4) is 0 Å². The normalized spacial score (nSPS) is 11.4. The predicted octanol–water partition coefficient (Wildman–Crippen LogP) is 1.07. The number of carbonyl (C=O) groups is 2. The Morgan fingerprint density at radius 3 is 1.53 bits per heavy atom. The summed E-state index contributed by atoms with van der Waals surface area (Å²) in [5, 5.41) is 15.6. The number of carboxylic acid groups (broad SMARTS) is 2. The van der Waals surface area contributed by atoms with Gasteiger partial charge < -0.3 is 14.7 Å². The van der Waals surface area contributed by atoms with E-state index in [9.17, 15) is 9.59 Å². The molecule has 0 aliphatic heterocycles. The maximum absolute atomic E-state index is 9.55. The molecule has 2 N–H and O–H groups in total. The van der Waals surface area contributed by atoms with Crippen molar-refractivity contribution in [3.63, 3.8) is 0 Å². The van der Waals surface area contributed by atoms with Crippen molar-refractivity contribution >= 4 is 49.7 Å². The number of carboxylic acids is 2. The molecular weight excluding hydrogens is 351 g/mol. The van der Waals surface area contributed by atoms with Gasteiger partial charge in [-0.25, -0.2) is 9.59 Å². The van der Waals surface area contributed by atoms with Gasteiger partial charge in [0.1, 0.15) is 0 Å². The number of hydrogen-bond acceptors (Lipinski definition) is 2. The van der Waals surface area contributed by atoms with Gasteiger partial charge in [-0.15, -0.1) is 0 Å². The van der Waals surface area contributed by atoms with Crippen molar-refractivity contribution in [1.82, 2.24) is 0 Å². The van der Waals surface area contributed by atoms with Gasteiger partial charge in [0.25, 0.3) is 0 Å². The second-order valence-electron chi connectivity index (χ2n) is 5.00. The maximum Gasteiger partial charge on any atom is 2.00 e. The molecule has 0 aromatic carbocycles. The van der Waals surface area contributed by atoms with Crippen molar-refractivity contribution < 1.29 is 57.0 Å². The molecule has 0 saturated carbocycles. The van der Waals surface area contributed by atoms with Gasteiger partial charge in [0.15, 0.2) is 0 Å². The van der Waals surface area contributed by atoms with Gasteiger partial charge in [-0.1, -0.05) is 13.8 Å². The first-order valence-electron chi connectivity index (χ1n) is 5.52. The molecule has 0 unspecified atom stereocenters. The number of hydrogen-bond donors (Lipinski definition) is 2. The Hall–Kier alpha value is 1.00. The van der Waals surface area contributed by atoms with Crippen molar-refractivity contribution in [2.45, 2.75) is 20.3 Å². The molecule has 0 heterocycles. The zero-order valence-electron chi connectivity index (χ0n) is 12.6. The van der Waals surface area contributed by atoms with Crippen LogP contribution >= 0.6 is 0 Å². The Morgan fingerprint density at radius 1 is 1.11 bits per heavy atom. The first kappa shape index (κ1) is 28.2. The number of rotatable bonds is 5. The molecular formula is C12H24CaNO4Y+3. The molecule has 19 heavy (non-hydrogen) atoms. The van der Waals surface area contributed by atoms with Crippen LogP contribution in [0.25, 0.3) is 0 Å². The minimum Gasteiger partial charge on any atom is -0.478 e. The quantitative estimate of drug-likeness (QED) is 0.428. The fourth-order valence-corrected chi connectivity index (χ4v) is 1.21. The molecule has 0 bridgehead atoms. The van der Waals surface area contributed by atoms with Crippen LogP contribution < -0.4 is 0 Å². The van der Waals surface area contributed by atoms with Crippen molar-refractivity contribution in [3.8, 4) is 0 Å². The van der Waals surface area contributed by atoms with E-state index >= 15 is 0 Å². The third-order valence-corrected chi connectivity index (χ3v) is 1.92. The summed E-state index contributed by atoms with van der Waals surface area (Å²) in [7, 11) is 6.73. The van der Waals surface area contributed by atoms with Crippen molar-refractivity contribution in [3.05, 3.63) is 12.2 Å². The summed E-state index contributed by atoms with van der Waals surface area (Å²) in [5.74, 6) is -1.65. The van der Waals surface area contributed by atoms with E-state index in [4.69, 9.17) is 10.2 Å². The summed E-state index contributed by atoms with van der Waals surface area (Å²) < 4.78 is 1.09. The first-order valence-corrected chi connectivity index (χ1v) is 5.52. The molecule has 7 heteroatoms. The van der Waals surface area contributed by atoms with Gasteiger partial charge in [0.2, 0.25) is 0 Å². The molecule has 0 saturated heterocycles. The predicted molar refractivity (Wildman–Crippen MR) is 72.5 cm³/mol. The fourth-order valence-electron chi connectivity index (χ4n) is 1.21. The number of aliphatic carboxylic acids is 2. The summed E-state index contributed by atoms with van der Waals surface area (Å²) in [5.41, 5.74) is 0. The Balaban J connectivity index is -0.000000108. The van der Waals surface area contributed by atoms with Crippen LogP contribution in [0.4, 0.5) is 0 Å². The van der Waals surface area contributed by atoms with E-state index in [1.165, 1.54) is 13.0 Å². The molecule has 0 aliphatic carbocycles. The maximum atomic E-state index is 9.55. The third-order valence-electron chi connectivity index (χ3n) is 1.92. The summed E-state index contributed by atoms with van der Waals surface area (Å²) in [4.78, 5) is 19.1. The monoisotopic (exact) mass is 375 g/mol. The van der Waals surface area contributed by atoms with E-state index < -0.39 is 11.9 Å². The van der Waals surface area contributed by atoms with E-state index in [2.05, 4.69) is 35.0 Å². The van der Waals surface area contributed by atoms with E-state index in [0.29, 0.717) is 12.2 Å². The van der Waals surface area contributed by atoms with Crippen LogP contribution in [-0.2, 0) is 42.3 Å². The molecule has 0 fully saturated rings. The van der Waals surface area contributed by atoms with Crippen LogP contribution in [0, 0.1) is 5.92 Å². The Morgan fingerprint density at radius 2 is 1.42 bits per heavy atom. The number of nitrogens with zero attached hydrogens (tertiary/aromatic N) is 1. The molecule has 0 amide bonds. The van der Waals surface area contributed by atoms with Crippen molar-refractivity contribution in [1.29, 1.82) is 0 Å². The zero-order valence-corrected chi connectivity index (χ0v) is 17.6. The average molecular weight is 375 g/mol. The van der Waals surface area contributed by atoms with Gasteiger partial charge in [-0.3, -0.25) is 0 Å². The third kappa shape index (κ3) is 32.5. The summed E-state index contributed by atoms with van der Waals surface area (Å²) in [6.07, 6.45) is 2.42. The van der Waals surface area contributed by atoms with Crippen LogP contribution in [0.1, 0.15) is 20.3 Å². The minimum absolute atomic E-state index is 0. The van der Waals surface area contributed by atoms with Crippen molar-refractivity contribution in [2.75, 3.05) is 27.7 Å². The van der Waals surface area contributed by atoms with Gasteiger partial charge in [0.05, 0.1) is 27.7 Å². The fraction of sp³-hybridized carbons (Fsp3) is 0.667. The second kappa shape index (κ2) is 15.4. The van der Waals surface area contributed by atoms with Crippen molar-refractivity contribution in [2.24, 2.45) is 5.92 Å². The molecule has 5 nitrogen and oxygen atoms in total. The van der Waals surface area contributed by atoms with Gasteiger partial charge in [0, 0.05) is 50.8 Å². The molecule has 0 aromatic rings. The Bertz CT molecular complexity index is 261. The van der Waals surface area contributed by atoms with Crippen LogP contribution in [0.5, 0.6) is 0 Å². The molecule has 0 aliphatic rings. The standard InChI is InChI=1S/C8H20N.C4H4O4.Ca.Y/c1-6-8(2)7-9(3,4)5;5-3(6)1-2-4(7)8;;/h8H,6-7H2,1-5H3;1-2H,(H,5,6)(H,7,8);;/q+1;;+2;/b;2-1+;;/t8-;;;/m0.../s1. The summed E-state index contributed by atoms with van der Waals surface area (Å²) in [6.45, 7) is 5.85. The van der Waals surface area contributed by atoms with Gasteiger partial charge in [-0.2, -0.15) is 0 Å².